The van der Waals surface area contributed by atoms with E-state index < -0.39 is 0 Å². The molecule has 6 heteroatoms. The summed E-state index contributed by atoms with van der Waals surface area (Å²) in [5, 5.41) is 8.99. The molecular weight excluding hydrogens is 262 g/mol. The fraction of sp³-hybridized carbons (Fsp3) is 0.500. The Labute approximate surface area is 117 Å². The zero-order valence-electron chi connectivity index (χ0n) is 11.9. The number of rotatable bonds is 5. The predicted octanol–water partition coefficient (Wildman–Crippen LogP) is 0.777. The highest BCUT2D eigenvalue weighted by molar-refractivity contribution is 5.96. The second kappa shape index (κ2) is 6.00. The van der Waals surface area contributed by atoms with Crippen LogP contribution < -0.4 is 14.2 Å². The molecule has 0 unspecified atom stereocenters. The summed E-state index contributed by atoms with van der Waals surface area (Å²) in [6.45, 7) is 1.26. The average Bonchev–Trinajstić information content (AvgIpc) is 2.44. The summed E-state index contributed by atoms with van der Waals surface area (Å²) in [7, 11) is 4.54. The zero-order chi connectivity index (χ0) is 14.7. The number of hydrogen-bond donors (Lipinski definition) is 1. The van der Waals surface area contributed by atoms with Crippen LogP contribution >= 0.6 is 0 Å². The summed E-state index contributed by atoms with van der Waals surface area (Å²) < 4.78 is 15.7. The maximum atomic E-state index is 12.3. The van der Waals surface area contributed by atoms with Crippen LogP contribution in [0.15, 0.2) is 12.1 Å². The first-order valence-electron chi connectivity index (χ1n) is 6.34. The van der Waals surface area contributed by atoms with Gasteiger partial charge >= 0.3 is 0 Å². The van der Waals surface area contributed by atoms with Crippen LogP contribution in [0.1, 0.15) is 10.4 Å². The Morgan fingerprint density at radius 2 is 1.75 bits per heavy atom. The molecule has 0 aromatic heterocycles. The summed E-state index contributed by atoms with van der Waals surface area (Å²) in [4.78, 5) is 14.0. The summed E-state index contributed by atoms with van der Waals surface area (Å²) in [6, 6.07) is 3.27. The topological polar surface area (TPSA) is 68.2 Å². The average molecular weight is 281 g/mol. The maximum absolute atomic E-state index is 12.3. The lowest BCUT2D eigenvalue weighted by Crippen LogP contribution is -2.51. The van der Waals surface area contributed by atoms with E-state index in [4.69, 9.17) is 19.3 Å². The van der Waals surface area contributed by atoms with Gasteiger partial charge in [0.25, 0.3) is 5.91 Å². The van der Waals surface area contributed by atoms with Crippen molar-refractivity contribution in [2.24, 2.45) is 5.92 Å². The molecule has 1 heterocycles. The second-order valence-corrected chi connectivity index (χ2v) is 4.67. The quantitative estimate of drug-likeness (QED) is 0.863. The van der Waals surface area contributed by atoms with Crippen molar-refractivity contribution in [1.82, 2.24) is 4.90 Å². The molecule has 1 amide bonds. The number of aliphatic hydroxyl groups excluding tert-OH is 1. The Balaban J connectivity index is 2.26. The van der Waals surface area contributed by atoms with Crippen molar-refractivity contribution in [3.63, 3.8) is 0 Å². The van der Waals surface area contributed by atoms with E-state index in [0.29, 0.717) is 35.9 Å². The monoisotopic (exact) mass is 281 g/mol. The second-order valence-electron chi connectivity index (χ2n) is 4.67. The Hall–Kier alpha value is -1.95. The van der Waals surface area contributed by atoms with Gasteiger partial charge in [-0.1, -0.05) is 0 Å². The van der Waals surface area contributed by atoms with Crippen LogP contribution in [-0.2, 0) is 0 Å². The van der Waals surface area contributed by atoms with Crippen molar-refractivity contribution >= 4 is 5.91 Å². The lowest BCUT2D eigenvalue weighted by Gasteiger charge is -2.38. The smallest absolute Gasteiger partial charge is 0.254 e. The number of likely N-dealkylation sites (tertiary alicyclic amines) is 1. The molecule has 1 saturated heterocycles. The molecule has 0 radical (unpaired) electrons. The number of aliphatic hydroxyl groups is 1. The number of ether oxygens (including phenoxy) is 3. The van der Waals surface area contributed by atoms with Crippen LogP contribution in [0, 0.1) is 5.92 Å². The minimum Gasteiger partial charge on any atom is -0.493 e. The fourth-order valence-corrected chi connectivity index (χ4v) is 2.24. The number of hydrogen-bond acceptors (Lipinski definition) is 5. The Bertz CT molecular complexity index is 471. The highest BCUT2D eigenvalue weighted by atomic mass is 16.5. The van der Waals surface area contributed by atoms with Crippen LogP contribution in [-0.4, -0.2) is 56.9 Å². The number of carbonyl (C=O) groups excluding carboxylic acids is 1. The van der Waals surface area contributed by atoms with Crippen molar-refractivity contribution in [2.45, 2.75) is 0 Å². The predicted molar refractivity (Wildman–Crippen MR) is 72.6 cm³/mol. The summed E-state index contributed by atoms with van der Waals surface area (Å²) in [6.07, 6.45) is 0. The van der Waals surface area contributed by atoms with Crippen molar-refractivity contribution in [2.75, 3.05) is 41.0 Å². The Morgan fingerprint density at radius 3 is 2.15 bits per heavy atom. The van der Waals surface area contributed by atoms with E-state index in [0.717, 1.165) is 0 Å². The number of carbonyl (C=O) groups is 1. The lowest BCUT2D eigenvalue weighted by atomic mass is 10.00. The molecule has 1 N–H and O–H groups in total. The van der Waals surface area contributed by atoms with Crippen LogP contribution in [0.25, 0.3) is 0 Å². The highest BCUT2D eigenvalue weighted by Crippen LogP contribution is 2.38. The van der Waals surface area contributed by atoms with Gasteiger partial charge in [0.15, 0.2) is 11.5 Å². The van der Waals surface area contributed by atoms with E-state index in [1.807, 2.05) is 0 Å². The van der Waals surface area contributed by atoms with Crippen molar-refractivity contribution in [3.05, 3.63) is 17.7 Å². The van der Waals surface area contributed by atoms with Gasteiger partial charge in [-0.25, -0.2) is 0 Å². The third kappa shape index (κ3) is 2.51. The number of nitrogens with zero attached hydrogens (tertiary/aromatic N) is 1. The van der Waals surface area contributed by atoms with Gasteiger partial charge in [0, 0.05) is 31.2 Å². The molecule has 1 fully saturated rings. The molecule has 1 aliphatic rings. The molecule has 1 aliphatic heterocycles. The van der Waals surface area contributed by atoms with Gasteiger partial charge in [-0.2, -0.15) is 0 Å². The molecular formula is C14H19NO5. The first-order chi connectivity index (χ1) is 9.64. The van der Waals surface area contributed by atoms with Gasteiger partial charge < -0.3 is 24.2 Å². The van der Waals surface area contributed by atoms with Crippen LogP contribution in [0.4, 0.5) is 0 Å². The summed E-state index contributed by atoms with van der Waals surface area (Å²) in [5.41, 5.74) is 0.482. The molecule has 0 bridgehead atoms. The first kappa shape index (κ1) is 14.5. The van der Waals surface area contributed by atoms with E-state index >= 15 is 0 Å². The zero-order valence-corrected chi connectivity index (χ0v) is 11.9. The largest absolute Gasteiger partial charge is 0.493 e. The summed E-state index contributed by atoms with van der Waals surface area (Å²) >= 11 is 0. The highest BCUT2D eigenvalue weighted by Gasteiger charge is 2.31. The van der Waals surface area contributed by atoms with E-state index in [-0.39, 0.29) is 18.4 Å². The van der Waals surface area contributed by atoms with Gasteiger partial charge in [-0.05, 0) is 12.1 Å². The van der Waals surface area contributed by atoms with E-state index in [9.17, 15) is 4.79 Å². The van der Waals surface area contributed by atoms with E-state index in [1.54, 1.807) is 17.0 Å². The molecule has 6 nitrogen and oxygen atoms in total. The third-order valence-electron chi connectivity index (χ3n) is 3.41. The number of methoxy groups -OCH3 is 3. The van der Waals surface area contributed by atoms with Gasteiger partial charge in [0.1, 0.15) is 0 Å². The SMILES string of the molecule is COc1cc(C(=O)N2CC(CO)C2)cc(OC)c1OC. The Morgan fingerprint density at radius 1 is 1.20 bits per heavy atom. The lowest BCUT2D eigenvalue weighted by molar-refractivity contribution is 0.0361. The summed E-state index contributed by atoms with van der Waals surface area (Å²) in [5.74, 6) is 1.45. The molecule has 2 rings (SSSR count). The van der Waals surface area contributed by atoms with Crippen LogP contribution in [0.2, 0.25) is 0 Å². The maximum Gasteiger partial charge on any atom is 0.254 e. The Kier molecular flexibility index (Phi) is 4.34. The van der Waals surface area contributed by atoms with E-state index in [2.05, 4.69) is 0 Å². The number of benzene rings is 1. The molecule has 20 heavy (non-hydrogen) atoms. The third-order valence-corrected chi connectivity index (χ3v) is 3.41. The van der Waals surface area contributed by atoms with Crippen molar-refractivity contribution in [1.29, 1.82) is 0 Å². The molecule has 1 aromatic rings. The van der Waals surface area contributed by atoms with Crippen LogP contribution in [0.5, 0.6) is 17.2 Å². The standard InChI is InChI=1S/C14H19NO5/c1-18-11-4-10(5-12(19-2)13(11)20-3)14(17)15-6-9(7-15)8-16/h4-5,9,16H,6-8H2,1-3H3. The minimum atomic E-state index is -0.103. The van der Waals surface area contributed by atoms with Crippen molar-refractivity contribution < 1.29 is 24.1 Å². The number of amides is 1. The molecule has 0 spiro atoms. The normalized spacial score (nSPS) is 14.7. The first-order valence-corrected chi connectivity index (χ1v) is 6.34. The molecule has 0 saturated carbocycles. The van der Waals surface area contributed by atoms with Gasteiger partial charge in [-0.15, -0.1) is 0 Å². The molecule has 0 atom stereocenters. The van der Waals surface area contributed by atoms with E-state index in [1.165, 1.54) is 21.3 Å². The molecule has 110 valence electrons. The molecule has 1 aromatic carbocycles. The van der Waals surface area contributed by atoms with Gasteiger partial charge in [-0.3, -0.25) is 4.79 Å². The van der Waals surface area contributed by atoms with Gasteiger partial charge in [0.2, 0.25) is 5.75 Å². The van der Waals surface area contributed by atoms with Crippen molar-refractivity contribution in [3.8, 4) is 17.2 Å². The minimum absolute atomic E-state index is 0.103. The van der Waals surface area contributed by atoms with Gasteiger partial charge in [0.05, 0.1) is 21.3 Å². The fourth-order valence-electron chi connectivity index (χ4n) is 2.24. The molecule has 0 aliphatic carbocycles. The van der Waals surface area contributed by atoms with Crippen LogP contribution in [0.3, 0.4) is 0 Å².